The summed E-state index contributed by atoms with van der Waals surface area (Å²) < 4.78 is 12.2. The topological polar surface area (TPSA) is 101 Å². The number of ketones is 1. The minimum absolute atomic E-state index is 0.0451. The van der Waals surface area contributed by atoms with Gasteiger partial charge in [-0.1, -0.05) is 11.6 Å². The number of benzene rings is 1. The smallest absolute Gasteiger partial charge is 0.338 e. The van der Waals surface area contributed by atoms with Gasteiger partial charge in [-0.3, -0.25) is 14.9 Å². The summed E-state index contributed by atoms with van der Waals surface area (Å²) in [5.41, 5.74) is 1.65. The van der Waals surface area contributed by atoms with E-state index in [1.807, 2.05) is 25.3 Å². The van der Waals surface area contributed by atoms with E-state index in [1.54, 1.807) is 13.2 Å². The lowest BCUT2D eigenvalue weighted by Gasteiger charge is -2.17. The largest absolute Gasteiger partial charge is 0.454 e. The van der Waals surface area contributed by atoms with E-state index in [0.717, 1.165) is 17.5 Å². The first-order valence-electron chi connectivity index (χ1n) is 8.49. The summed E-state index contributed by atoms with van der Waals surface area (Å²) in [7, 11) is 1.61. The van der Waals surface area contributed by atoms with Crippen LogP contribution in [-0.4, -0.2) is 41.6 Å². The number of aromatic nitrogens is 1. The number of esters is 1. The second kappa shape index (κ2) is 8.99. The molecule has 9 heteroatoms. The molecule has 0 aliphatic rings. The van der Waals surface area contributed by atoms with Crippen LogP contribution in [-0.2, 0) is 9.47 Å². The zero-order valence-corrected chi connectivity index (χ0v) is 16.8. The standard InChI is InChI=1S/C19H21ClN2O6/c1-11-7-15(13(3)21(11)12(2)9-27-4)18(23)10-28-19(24)14-5-6-16(20)17(8-14)22(25)26/h5-8,12H,9-10H2,1-4H3/t12-/m0/s1. The fraction of sp³-hybridized carbons (Fsp3) is 0.368. The molecule has 2 rings (SSSR count). The molecule has 0 unspecified atom stereocenters. The van der Waals surface area contributed by atoms with Crippen molar-refractivity contribution in [1.82, 2.24) is 4.57 Å². The van der Waals surface area contributed by atoms with E-state index in [4.69, 9.17) is 21.1 Å². The number of aryl methyl sites for hydroxylation is 1. The van der Waals surface area contributed by atoms with Crippen molar-refractivity contribution >= 4 is 29.0 Å². The van der Waals surface area contributed by atoms with Gasteiger partial charge in [0.1, 0.15) is 5.02 Å². The molecule has 0 aliphatic heterocycles. The summed E-state index contributed by atoms with van der Waals surface area (Å²) in [6, 6.07) is 5.35. The number of hydrogen-bond acceptors (Lipinski definition) is 6. The van der Waals surface area contributed by atoms with Crippen LogP contribution in [0.3, 0.4) is 0 Å². The maximum atomic E-state index is 12.5. The van der Waals surface area contributed by atoms with Crippen molar-refractivity contribution in [3.05, 3.63) is 61.9 Å². The van der Waals surface area contributed by atoms with Crippen LogP contribution in [0.15, 0.2) is 24.3 Å². The highest BCUT2D eigenvalue weighted by molar-refractivity contribution is 6.32. The number of nitro benzene ring substituents is 1. The van der Waals surface area contributed by atoms with Gasteiger partial charge in [-0.25, -0.2) is 4.79 Å². The van der Waals surface area contributed by atoms with Crippen molar-refractivity contribution in [3.8, 4) is 0 Å². The zero-order valence-electron chi connectivity index (χ0n) is 16.0. The summed E-state index contributed by atoms with van der Waals surface area (Å²) in [4.78, 5) is 34.9. The van der Waals surface area contributed by atoms with Gasteiger partial charge >= 0.3 is 5.97 Å². The molecule has 0 saturated carbocycles. The maximum absolute atomic E-state index is 12.5. The molecule has 0 fully saturated rings. The Bertz CT molecular complexity index is 921. The van der Waals surface area contributed by atoms with E-state index in [1.165, 1.54) is 12.1 Å². The Morgan fingerprint density at radius 3 is 2.57 bits per heavy atom. The predicted octanol–water partition coefficient (Wildman–Crippen LogP) is 3.91. The monoisotopic (exact) mass is 408 g/mol. The number of ether oxygens (including phenoxy) is 2. The van der Waals surface area contributed by atoms with Gasteiger partial charge in [0.05, 0.1) is 23.1 Å². The van der Waals surface area contributed by atoms with E-state index >= 15 is 0 Å². The maximum Gasteiger partial charge on any atom is 0.338 e. The van der Waals surface area contributed by atoms with Crippen LogP contribution in [0.1, 0.15) is 45.1 Å². The molecule has 8 nitrogen and oxygen atoms in total. The highest BCUT2D eigenvalue weighted by Gasteiger charge is 2.21. The van der Waals surface area contributed by atoms with Crippen molar-refractivity contribution < 1.29 is 24.0 Å². The van der Waals surface area contributed by atoms with Crippen molar-refractivity contribution in [2.45, 2.75) is 26.8 Å². The Morgan fingerprint density at radius 1 is 1.29 bits per heavy atom. The van der Waals surface area contributed by atoms with Crippen LogP contribution < -0.4 is 0 Å². The Kier molecular flexibility index (Phi) is 6.93. The number of hydrogen-bond donors (Lipinski definition) is 0. The lowest BCUT2D eigenvalue weighted by atomic mass is 10.1. The fourth-order valence-electron chi connectivity index (χ4n) is 3.13. The Labute approximate surface area is 167 Å². The molecule has 0 bridgehead atoms. The molecule has 1 heterocycles. The van der Waals surface area contributed by atoms with Crippen LogP contribution in [0.2, 0.25) is 5.02 Å². The van der Waals surface area contributed by atoms with Gasteiger partial charge in [-0.2, -0.15) is 0 Å². The highest BCUT2D eigenvalue weighted by atomic mass is 35.5. The molecule has 1 atom stereocenters. The molecule has 28 heavy (non-hydrogen) atoms. The first-order valence-corrected chi connectivity index (χ1v) is 8.86. The molecule has 150 valence electrons. The van der Waals surface area contributed by atoms with E-state index in [9.17, 15) is 19.7 Å². The molecule has 0 aliphatic carbocycles. The van der Waals surface area contributed by atoms with Crippen LogP contribution in [0.5, 0.6) is 0 Å². The SMILES string of the molecule is COC[C@H](C)n1c(C)cc(C(=O)COC(=O)c2ccc(Cl)c([N+](=O)[O-])c2)c1C. The summed E-state index contributed by atoms with van der Waals surface area (Å²) in [5.74, 6) is -1.20. The zero-order chi connectivity index (χ0) is 21.0. The van der Waals surface area contributed by atoms with Gasteiger partial charge in [0.25, 0.3) is 5.69 Å². The normalized spacial score (nSPS) is 11.9. The molecule has 2 aromatic rings. The van der Waals surface area contributed by atoms with Crippen molar-refractivity contribution in [3.63, 3.8) is 0 Å². The molecule has 0 spiro atoms. The third-order valence-electron chi connectivity index (χ3n) is 4.35. The van der Waals surface area contributed by atoms with E-state index < -0.39 is 23.2 Å². The molecule has 0 radical (unpaired) electrons. The number of carbonyl (C=O) groups is 2. The van der Waals surface area contributed by atoms with Crippen LogP contribution >= 0.6 is 11.6 Å². The number of rotatable bonds is 8. The van der Waals surface area contributed by atoms with Gasteiger partial charge in [-0.05, 0) is 39.0 Å². The average Bonchev–Trinajstić information content (AvgIpc) is 2.94. The van der Waals surface area contributed by atoms with Crippen LogP contribution in [0.25, 0.3) is 0 Å². The third-order valence-corrected chi connectivity index (χ3v) is 4.67. The summed E-state index contributed by atoms with van der Waals surface area (Å²) >= 11 is 5.73. The molecule has 0 amide bonds. The molecule has 0 saturated heterocycles. The lowest BCUT2D eigenvalue weighted by molar-refractivity contribution is -0.384. The summed E-state index contributed by atoms with van der Waals surface area (Å²) in [6.45, 7) is 5.70. The summed E-state index contributed by atoms with van der Waals surface area (Å²) in [6.07, 6.45) is 0. The van der Waals surface area contributed by atoms with Crippen molar-refractivity contribution in [2.24, 2.45) is 0 Å². The first kappa shape index (κ1) is 21.6. The number of Topliss-reactive ketones (excluding diaryl/α,β-unsaturated/α-hetero) is 1. The third kappa shape index (κ3) is 4.58. The molecule has 1 aromatic carbocycles. The van der Waals surface area contributed by atoms with Crippen molar-refractivity contribution in [1.29, 1.82) is 0 Å². The van der Waals surface area contributed by atoms with Crippen LogP contribution in [0, 0.1) is 24.0 Å². The fourth-order valence-corrected chi connectivity index (χ4v) is 3.31. The minimum Gasteiger partial charge on any atom is -0.454 e. The quantitative estimate of drug-likeness (QED) is 0.284. The van der Waals surface area contributed by atoms with Gasteiger partial charge in [-0.15, -0.1) is 0 Å². The second-order valence-corrected chi connectivity index (χ2v) is 6.79. The molecular weight excluding hydrogens is 388 g/mol. The van der Waals surface area contributed by atoms with Gasteiger partial charge in [0.15, 0.2) is 6.61 Å². The lowest BCUT2D eigenvalue weighted by Crippen LogP contribution is -2.17. The molecule has 0 N–H and O–H groups in total. The van der Waals surface area contributed by atoms with Gasteiger partial charge in [0.2, 0.25) is 5.78 Å². The first-order chi connectivity index (χ1) is 13.2. The Balaban J connectivity index is 2.12. The predicted molar refractivity (Wildman–Crippen MR) is 103 cm³/mol. The Hall–Kier alpha value is -2.71. The Morgan fingerprint density at radius 2 is 1.96 bits per heavy atom. The van der Waals surface area contributed by atoms with E-state index in [-0.39, 0.29) is 22.4 Å². The van der Waals surface area contributed by atoms with Crippen molar-refractivity contribution in [2.75, 3.05) is 20.3 Å². The summed E-state index contributed by atoms with van der Waals surface area (Å²) in [5, 5.41) is 10.8. The molecular formula is C19H21ClN2O6. The second-order valence-electron chi connectivity index (χ2n) is 6.38. The number of carbonyl (C=O) groups excluding carboxylic acids is 2. The minimum atomic E-state index is -0.838. The van der Waals surface area contributed by atoms with Crippen LogP contribution in [0.4, 0.5) is 5.69 Å². The average molecular weight is 409 g/mol. The van der Waals surface area contributed by atoms with E-state index in [2.05, 4.69) is 0 Å². The highest BCUT2D eigenvalue weighted by Crippen LogP contribution is 2.25. The number of halogens is 1. The van der Waals surface area contributed by atoms with Gasteiger partial charge in [0, 0.05) is 30.1 Å². The van der Waals surface area contributed by atoms with E-state index in [0.29, 0.717) is 12.2 Å². The molecule has 1 aromatic heterocycles. The number of nitro groups is 1. The van der Waals surface area contributed by atoms with Gasteiger partial charge < -0.3 is 14.0 Å². The number of nitrogens with zero attached hydrogens (tertiary/aromatic N) is 2. The number of methoxy groups -OCH3 is 1.